The SMILES string of the molecule is Cc1ncc(CN(C)S(=O)(=O)c2cccc(C(=O)O)c2)s1. The Morgan fingerprint density at radius 1 is 1.43 bits per heavy atom. The summed E-state index contributed by atoms with van der Waals surface area (Å²) in [5.74, 6) is -1.16. The van der Waals surface area contributed by atoms with E-state index in [1.165, 1.54) is 40.9 Å². The van der Waals surface area contributed by atoms with E-state index < -0.39 is 16.0 Å². The van der Waals surface area contributed by atoms with Crippen LogP contribution in [-0.4, -0.2) is 35.8 Å². The number of aromatic carboxylic acids is 1. The molecule has 6 nitrogen and oxygen atoms in total. The fourth-order valence-corrected chi connectivity index (χ4v) is 3.88. The van der Waals surface area contributed by atoms with E-state index in [0.29, 0.717) is 0 Å². The van der Waals surface area contributed by atoms with Crippen molar-refractivity contribution in [2.24, 2.45) is 0 Å². The maximum Gasteiger partial charge on any atom is 0.335 e. The van der Waals surface area contributed by atoms with E-state index in [4.69, 9.17) is 5.11 Å². The minimum Gasteiger partial charge on any atom is -0.478 e. The van der Waals surface area contributed by atoms with Crippen molar-refractivity contribution in [3.8, 4) is 0 Å². The van der Waals surface area contributed by atoms with Crippen LogP contribution in [0.25, 0.3) is 0 Å². The molecular weight excluding hydrogens is 312 g/mol. The van der Waals surface area contributed by atoms with Gasteiger partial charge in [0, 0.05) is 24.7 Å². The first kappa shape index (κ1) is 15.6. The first-order chi connectivity index (χ1) is 9.80. The highest BCUT2D eigenvalue weighted by Crippen LogP contribution is 2.20. The summed E-state index contributed by atoms with van der Waals surface area (Å²) in [4.78, 5) is 15.8. The average molecular weight is 326 g/mol. The molecule has 1 aromatic heterocycles. The summed E-state index contributed by atoms with van der Waals surface area (Å²) in [6.07, 6.45) is 1.64. The zero-order chi connectivity index (χ0) is 15.6. The molecule has 0 atom stereocenters. The molecular formula is C13H14N2O4S2. The van der Waals surface area contributed by atoms with Gasteiger partial charge in [-0.3, -0.25) is 0 Å². The summed E-state index contributed by atoms with van der Waals surface area (Å²) in [5.41, 5.74) is -0.0573. The third kappa shape index (κ3) is 3.46. The van der Waals surface area contributed by atoms with Crippen molar-refractivity contribution in [1.29, 1.82) is 0 Å². The number of benzene rings is 1. The highest BCUT2D eigenvalue weighted by Gasteiger charge is 2.22. The average Bonchev–Trinajstić information content (AvgIpc) is 2.84. The second-order valence-electron chi connectivity index (χ2n) is 4.44. The Bertz CT molecular complexity index is 768. The molecule has 0 saturated carbocycles. The van der Waals surface area contributed by atoms with Crippen LogP contribution in [0.4, 0.5) is 0 Å². The van der Waals surface area contributed by atoms with E-state index in [1.807, 2.05) is 6.92 Å². The first-order valence-corrected chi connectivity index (χ1v) is 8.27. The monoisotopic (exact) mass is 326 g/mol. The molecule has 0 radical (unpaired) electrons. The molecule has 0 unspecified atom stereocenters. The summed E-state index contributed by atoms with van der Waals surface area (Å²) < 4.78 is 26.1. The third-order valence-electron chi connectivity index (χ3n) is 2.84. The maximum atomic E-state index is 12.4. The second kappa shape index (κ2) is 5.92. The zero-order valence-electron chi connectivity index (χ0n) is 11.5. The number of carbonyl (C=O) groups is 1. The van der Waals surface area contributed by atoms with Crippen molar-refractivity contribution in [3.05, 3.63) is 45.9 Å². The van der Waals surface area contributed by atoms with Crippen LogP contribution in [0, 0.1) is 6.92 Å². The minimum absolute atomic E-state index is 0.0360. The fourth-order valence-electron chi connectivity index (χ4n) is 1.75. The van der Waals surface area contributed by atoms with Crippen molar-refractivity contribution >= 4 is 27.3 Å². The van der Waals surface area contributed by atoms with Crippen molar-refractivity contribution in [2.75, 3.05) is 7.05 Å². The zero-order valence-corrected chi connectivity index (χ0v) is 13.1. The molecule has 0 aliphatic carbocycles. The van der Waals surface area contributed by atoms with Gasteiger partial charge in [0.25, 0.3) is 0 Å². The van der Waals surface area contributed by atoms with Gasteiger partial charge in [-0.2, -0.15) is 4.31 Å². The molecule has 1 aromatic carbocycles. The predicted octanol–water partition coefficient (Wildman–Crippen LogP) is 1.97. The summed E-state index contributed by atoms with van der Waals surface area (Å²) in [5, 5.41) is 9.80. The van der Waals surface area contributed by atoms with Gasteiger partial charge in [0.15, 0.2) is 0 Å². The third-order valence-corrected chi connectivity index (χ3v) is 5.53. The van der Waals surface area contributed by atoms with E-state index in [2.05, 4.69) is 4.98 Å². The Balaban J connectivity index is 2.28. The van der Waals surface area contributed by atoms with Crippen molar-refractivity contribution < 1.29 is 18.3 Å². The summed E-state index contributed by atoms with van der Waals surface area (Å²) in [6.45, 7) is 2.05. The van der Waals surface area contributed by atoms with Crippen molar-refractivity contribution in [1.82, 2.24) is 9.29 Å². The van der Waals surface area contributed by atoms with E-state index in [1.54, 1.807) is 6.20 Å². The normalized spacial score (nSPS) is 11.8. The van der Waals surface area contributed by atoms with E-state index in [9.17, 15) is 13.2 Å². The lowest BCUT2D eigenvalue weighted by atomic mass is 10.2. The molecule has 1 N–H and O–H groups in total. The van der Waals surface area contributed by atoms with Gasteiger partial charge in [-0.25, -0.2) is 18.2 Å². The van der Waals surface area contributed by atoms with E-state index in [0.717, 1.165) is 16.0 Å². The number of aryl methyl sites for hydroxylation is 1. The Hall–Kier alpha value is -1.77. The Morgan fingerprint density at radius 2 is 2.14 bits per heavy atom. The molecule has 1 heterocycles. The summed E-state index contributed by atoms with van der Waals surface area (Å²) in [7, 11) is -2.28. The number of hydrogen-bond donors (Lipinski definition) is 1. The van der Waals surface area contributed by atoms with Gasteiger partial charge in [0.1, 0.15) is 0 Å². The maximum absolute atomic E-state index is 12.4. The van der Waals surface area contributed by atoms with Crippen LogP contribution >= 0.6 is 11.3 Å². The lowest BCUT2D eigenvalue weighted by molar-refractivity contribution is 0.0696. The Morgan fingerprint density at radius 3 is 2.71 bits per heavy atom. The number of sulfonamides is 1. The van der Waals surface area contributed by atoms with Crippen LogP contribution in [-0.2, 0) is 16.6 Å². The number of carboxylic acid groups (broad SMARTS) is 1. The molecule has 112 valence electrons. The van der Waals surface area contributed by atoms with E-state index >= 15 is 0 Å². The largest absolute Gasteiger partial charge is 0.478 e. The number of hydrogen-bond acceptors (Lipinski definition) is 5. The second-order valence-corrected chi connectivity index (χ2v) is 7.80. The van der Waals surface area contributed by atoms with Crippen LogP contribution in [0.2, 0.25) is 0 Å². The van der Waals surface area contributed by atoms with Crippen LogP contribution in [0.1, 0.15) is 20.2 Å². The van der Waals surface area contributed by atoms with Gasteiger partial charge in [0.05, 0.1) is 15.5 Å². The van der Waals surface area contributed by atoms with Gasteiger partial charge in [-0.1, -0.05) is 6.07 Å². The highest BCUT2D eigenvalue weighted by atomic mass is 32.2. The molecule has 0 aliphatic heterocycles. The van der Waals surface area contributed by atoms with Crippen molar-refractivity contribution in [3.63, 3.8) is 0 Å². The molecule has 0 spiro atoms. The molecule has 8 heteroatoms. The van der Waals surface area contributed by atoms with Crippen LogP contribution < -0.4 is 0 Å². The number of nitrogens with zero attached hydrogens (tertiary/aromatic N) is 2. The molecule has 21 heavy (non-hydrogen) atoms. The molecule has 2 aromatic rings. The fraction of sp³-hybridized carbons (Fsp3) is 0.231. The molecule has 0 bridgehead atoms. The quantitative estimate of drug-likeness (QED) is 0.907. The predicted molar refractivity (Wildman–Crippen MR) is 78.9 cm³/mol. The lowest BCUT2D eigenvalue weighted by Crippen LogP contribution is -2.26. The first-order valence-electron chi connectivity index (χ1n) is 6.01. The molecule has 0 saturated heterocycles. The number of rotatable bonds is 5. The van der Waals surface area contributed by atoms with Gasteiger partial charge >= 0.3 is 5.97 Å². The summed E-state index contributed by atoms with van der Waals surface area (Å²) in [6, 6.07) is 5.32. The molecule has 0 aliphatic rings. The minimum atomic E-state index is -3.74. The van der Waals surface area contributed by atoms with Gasteiger partial charge in [0.2, 0.25) is 10.0 Å². The highest BCUT2D eigenvalue weighted by molar-refractivity contribution is 7.89. The van der Waals surface area contributed by atoms with Crippen LogP contribution in [0.3, 0.4) is 0 Å². The van der Waals surface area contributed by atoms with Gasteiger partial charge in [-0.05, 0) is 25.1 Å². The Labute approximate surface area is 126 Å². The molecule has 2 rings (SSSR count). The topological polar surface area (TPSA) is 87.6 Å². The van der Waals surface area contributed by atoms with Crippen LogP contribution in [0.15, 0.2) is 35.4 Å². The van der Waals surface area contributed by atoms with E-state index in [-0.39, 0.29) is 17.0 Å². The number of thiazole rings is 1. The van der Waals surface area contributed by atoms with Crippen LogP contribution in [0.5, 0.6) is 0 Å². The van der Waals surface area contributed by atoms with Gasteiger partial charge < -0.3 is 5.11 Å². The smallest absolute Gasteiger partial charge is 0.335 e. The number of carboxylic acids is 1. The lowest BCUT2D eigenvalue weighted by Gasteiger charge is -2.16. The Kier molecular flexibility index (Phi) is 4.40. The number of aromatic nitrogens is 1. The molecule has 0 fully saturated rings. The molecule has 0 amide bonds. The summed E-state index contributed by atoms with van der Waals surface area (Å²) >= 11 is 1.42. The standard InChI is InChI=1S/C13H14N2O4S2/c1-9-14-7-11(20-9)8-15(2)21(18,19)12-5-3-4-10(6-12)13(16)17/h3-7H,8H2,1-2H3,(H,16,17). The van der Waals surface area contributed by atoms with Gasteiger partial charge in [-0.15, -0.1) is 11.3 Å². The van der Waals surface area contributed by atoms with Crippen molar-refractivity contribution in [2.45, 2.75) is 18.4 Å².